The van der Waals surface area contributed by atoms with Crippen LogP contribution in [-0.2, 0) is 0 Å². The Bertz CT molecular complexity index is 338. The maximum absolute atomic E-state index is 13.0. The minimum atomic E-state index is -2.95. The average Bonchev–Trinajstić information content (AvgIpc) is 2.04. The highest BCUT2D eigenvalue weighted by molar-refractivity contribution is 6.33. The van der Waals surface area contributed by atoms with Crippen LogP contribution in [-0.4, -0.2) is 6.29 Å². The summed E-state index contributed by atoms with van der Waals surface area (Å²) in [4.78, 5) is 10.3. The van der Waals surface area contributed by atoms with Crippen LogP contribution in [0.1, 0.15) is 22.3 Å². The van der Waals surface area contributed by atoms with Gasteiger partial charge in [-0.1, -0.05) is 11.6 Å². The highest BCUT2D eigenvalue weighted by atomic mass is 35.5. The summed E-state index contributed by atoms with van der Waals surface area (Å²) < 4.78 is 37.1. The molecule has 0 atom stereocenters. The maximum Gasteiger partial charge on any atom is 0.266 e. The Kier molecular flexibility index (Phi) is 2.93. The van der Waals surface area contributed by atoms with Crippen LogP contribution < -0.4 is 0 Å². The maximum atomic E-state index is 13.0. The van der Waals surface area contributed by atoms with Gasteiger partial charge in [-0.25, -0.2) is 13.2 Å². The summed E-state index contributed by atoms with van der Waals surface area (Å²) >= 11 is 5.39. The first-order valence-electron chi connectivity index (χ1n) is 3.29. The average molecular weight is 209 g/mol. The summed E-state index contributed by atoms with van der Waals surface area (Å²) in [7, 11) is 0. The number of rotatable bonds is 2. The molecule has 0 saturated heterocycles. The molecule has 5 heteroatoms. The highest BCUT2D eigenvalue weighted by Crippen LogP contribution is 2.27. The van der Waals surface area contributed by atoms with Crippen molar-refractivity contribution in [1.82, 2.24) is 0 Å². The molecule has 0 N–H and O–H groups in total. The Labute approximate surface area is 77.1 Å². The van der Waals surface area contributed by atoms with Crippen molar-refractivity contribution in [3.05, 3.63) is 34.1 Å². The van der Waals surface area contributed by atoms with Crippen LogP contribution in [0.15, 0.2) is 12.1 Å². The lowest BCUT2D eigenvalue weighted by atomic mass is 10.1. The lowest BCUT2D eigenvalue weighted by molar-refractivity contribution is 0.111. The molecule has 0 aliphatic carbocycles. The van der Waals surface area contributed by atoms with Gasteiger partial charge in [-0.15, -0.1) is 0 Å². The largest absolute Gasteiger partial charge is 0.298 e. The molecule has 0 bridgehead atoms. The Morgan fingerprint density at radius 2 is 2.00 bits per heavy atom. The second kappa shape index (κ2) is 3.79. The summed E-state index contributed by atoms with van der Waals surface area (Å²) in [5, 5.41) is -0.170. The molecule has 0 amide bonds. The zero-order valence-corrected chi connectivity index (χ0v) is 6.99. The number of halogens is 4. The molecule has 0 aromatic heterocycles. The smallest absolute Gasteiger partial charge is 0.266 e. The minimum Gasteiger partial charge on any atom is -0.298 e. The van der Waals surface area contributed by atoms with Gasteiger partial charge < -0.3 is 0 Å². The van der Waals surface area contributed by atoms with E-state index in [1.54, 1.807) is 0 Å². The Hall–Kier alpha value is -1.03. The fourth-order valence-electron chi connectivity index (χ4n) is 0.863. The third kappa shape index (κ3) is 1.83. The molecule has 0 saturated carbocycles. The SMILES string of the molecule is O=Cc1c(Cl)ccc(C(F)F)c1F. The van der Waals surface area contributed by atoms with Gasteiger partial charge >= 0.3 is 0 Å². The van der Waals surface area contributed by atoms with Crippen molar-refractivity contribution in [3.8, 4) is 0 Å². The normalized spacial score (nSPS) is 10.5. The molecule has 0 spiro atoms. The molecule has 0 heterocycles. The second-order valence-electron chi connectivity index (χ2n) is 2.28. The number of carbonyl (C=O) groups excluding carboxylic acids is 1. The molecule has 0 radical (unpaired) electrons. The topological polar surface area (TPSA) is 17.1 Å². The molecule has 1 rings (SSSR count). The van der Waals surface area contributed by atoms with Gasteiger partial charge in [-0.05, 0) is 12.1 Å². The van der Waals surface area contributed by atoms with E-state index in [9.17, 15) is 18.0 Å². The van der Waals surface area contributed by atoms with E-state index in [4.69, 9.17) is 11.6 Å². The number of hydrogen-bond acceptors (Lipinski definition) is 1. The number of carbonyl (C=O) groups is 1. The van der Waals surface area contributed by atoms with Crippen LogP contribution in [0, 0.1) is 5.82 Å². The highest BCUT2D eigenvalue weighted by Gasteiger charge is 2.18. The van der Waals surface area contributed by atoms with Crippen LogP contribution in [0.25, 0.3) is 0 Å². The van der Waals surface area contributed by atoms with E-state index in [2.05, 4.69) is 0 Å². The Morgan fingerprint density at radius 3 is 2.46 bits per heavy atom. The third-order valence-electron chi connectivity index (χ3n) is 1.51. The quantitative estimate of drug-likeness (QED) is 0.682. The van der Waals surface area contributed by atoms with Crippen molar-refractivity contribution in [2.24, 2.45) is 0 Å². The molecule has 13 heavy (non-hydrogen) atoms. The van der Waals surface area contributed by atoms with E-state index in [1.807, 2.05) is 0 Å². The van der Waals surface area contributed by atoms with Gasteiger partial charge in [-0.3, -0.25) is 4.79 Å². The van der Waals surface area contributed by atoms with E-state index < -0.39 is 23.4 Å². The summed E-state index contributed by atoms with van der Waals surface area (Å²) in [6, 6.07) is 1.92. The zero-order chi connectivity index (χ0) is 10.0. The van der Waals surface area contributed by atoms with Gasteiger partial charge in [0, 0.05) is 0 Å². The van der Waals surface area contributed by atoms with Crippen LogP contribution in [0.3, 0.4) is 0 Å². The standard InChI is InChI=1S/C8H4ClF3O/c9-6-2-1-4(8(11)12)7(10)5(6)3-13/h1-3,8H. The monoisotopic (exact) mass is 208 g/mol. The molecule has 1 aromatic rings. The molecule has 0 fully saturated rings. The fraction of sp³-hybridized carbons (Fsp3) is 0.125. The Balaban J connectivity index is 3.35. The lowest BCUT2D eigenvalue weighted by Gasteiger charge is -2.04. The lowest BCUT2D eigenvalue weighted by Crippen LogP contribution is -1.97. The van der Waals surface area contributed by atoms with Crippen molar-refractivity contribution in [2.45, 2.75) is 6.43 Å². The van der Waals surface area contributed by atoms with Crippen LogP contribution >= 0.6 is 11.6 Å². The van der Waals surface area contributed by atoms with Gasteiger partial charge in [0.2, 0.25) is 0 Å². The zero-order valence-electron chi connectivity index (χ0n) is 6.23. The number of hydrogen-bond donors (Lipinski definition) is 0. The molecular weight excluding hydrogens is 205 g/mol. The number of alkyl halides is 2. The number of aldehydes is 1. The third-order valence-corrected chi connectivity index (χ3v) is 1.84. The van der Waals surface area contributed by atoms with Crippen LogP contribution in [0.4, 0.5) is 13.2 Å². The van der Waals surface area contributed by atoms with Crippen molar-refractivity contribution < 1.29 is 18.0 Å². The first-order chi connectivity index (χ1) is 6.07. The first kappa shape index (κ1) is 10.1. The molecule has 70 valence electrons. The van der Waals surface area contributed by atoms with Crippen molar-refractivity contribution >= 4 is 17.9 Å². The summed E-state index contributed by atoms with van der Waals surface area (Å²) in [6.07, 6.45) is -2.83. The van der Waals surface area contributed by atoms with Gasteiger partial charge in [0.25, 0.3) is 6.43 Å². The molecule has 0 unspecified atom stereocenters. The van der Waals surface area contributed by atoms with E-state index in [-0.39, 0.29) is 11.3 Å². The van der Waals surface area contributed by atoms with Gasteiger partial charge in [0.05, 0.1) is 16.1 Å². The summed E-state index contributed by atoms with van der Waals surface area (Å²) in [5.74, 6) is -1.25. The molecule has 0 aliphatic rings. The van der Waals surface area contributed by atoms with E-state index in [0.29, 0.717) is 0 Å². The van der Waals surface area contributed by atoms with E-state index in [1.165, 1.54) is 0 Å². The summed E-state index contributed by atoms with van der Waals surface area (Å²) in [6.45, 7) is 0. The van der Waals surface area contributed by atoms with Crippen molar-refractivity contribution in [2.75, 3.05) is 0 Å². The number of benzene rings is 1. The van der Waals surface area contributed by atoms with E-state index >= 15 is 0 Å². The van der Waals surface area contributed by atoms with Crippen LogP contribution in [0.5, 0.6) is 0 Å². The molecule has 1 aromatic carbocycles. The second-order valence-corrected chi connectivity index (χ2v) is 2.69. The van der Waals surface area contributed by atoms with E-state index in [0.717, 1.165) is 12.1 Å². The fourth-order valence-corrected chi connectivity index (χ4v) is 1.05. The minimum absolute atomic E-state index is 0.115. The summed E-state index contributed by atoms with van der Waals surface area (Å²) in [5.41, 5.74) is -1.34. The first-order valence-corrected chi connectivity index (χ1v) is 3.67. The Morgan fingerprint density at radius 1 is 1.38 bits per heavy atom. The van der Waals surface area contributed by atoms with Gasteiger partial charge in [-0.2, -0.15) is 0 Å². The van der Waals surface area contributed by atoms with Gasteiger partial charge in [0.1, 0.15) is 5.82 Å². The predicted octanol–water partition coefficient (Wildman–Crippen LogP) is 3.23. The van der Waals surface area contributed by atoms with Crippen LogP contribution in [0.2, 0.25) is 5.02 Å². The van der Waals surface area contributed by atoms with Crippen molar-refractivity contribution in [3.63, 3.8) is 0 Å². The van der Waals surface area contributed by atoms with Gasteiger partial charge in [0.15, 0.2) is 6.29 Å². The molecular formula is C8H4ClF3O. The molecule has 1 nitrogen and oxygen atoms in total. The molecule has 0 aliphatic heterocycles. The predicted molar refractivity (Wildman–Crippen MR) is 41.8 cm³/mol. The van der Waals surface area contributed by atoms with Crippen molar-refractivity contribution in [1.29, 1.82) is 0 Å².